The summed E-state index contributed by atoms with van der Waals surface area (Å²) in [5, 5.41) is 1.59. The molecule has 1 saturated carbocycles. The summed E-state index contributed by atoms with van der Waals surface area (Å²) >= 11 is 5.89. The number of nitrogens with zero attached hydrogens (tertiary/aromatic N) is 1. The topological polar surface area (TPSA) is 22.1 Å². The van der Waals surface area contributed by atoms with Crippen molar-refractivity contribution in [1.29, 1.82) is 0 Å². The van der Waals surface area contributed by atoms with Gasteiger partial charge in [0.25, 0.3) is 0 Å². The van der Waals surface area contributed by atoms with Crippen molar-refractivity contribution in [3.8, 4) is 5.75 Å². The summed E-state index contributed by atoms with van der Waals surface area (Å²) in [4.78, 5) is 4.29. The summed E-state index contributed by atoms with van der Waals surface area (Å²) in [6.07, 6.45) is 7.10. The molecule has 1 aromatic carbocycles. The summed E-state index contributed by atoms with van der Waals surface area (Å²) in [5.74, 6) is 0.926. The molecule has 3 rings (SSSR count). The molecule has 0 N–H and O–H groups in total. The van der Waals surface area contributed by atoms with Gasteiger partial charge >= 0.3 is 0 Å². The lowest BCUT2D eigenvalue weighted by molar-refractivity contribution is 0.169. The van der Waals surface area contributed by atoms with Gasteiger partial charge in [-0.05, 0) is 62.9 Å². The zero-order valence-electron chi connectivity index (χ0n) is 11.6. The molecule has 20 heavy (non-hydrogen) atoms. The number of hydrogen-bond donors (Lipinski definition) is 0. The molecule has 0 bridgehead atoms. The van der Waals surface area contributed by atoms with E-state index >= 15 is 0 Å². The number of ether oxygens (including phenoxy) is 1. The highest BCUT2D eigenvalue weighted by Gasteiger charge is 2.17. The van der Waals surface area contributed by atoms with E-state index < -0.39 is 0 Å². The summed E-state index contributed by atoms with van der Waals surface area (Å²) < 4.78 is 6.10. The maximum absolute atomic E-state index is 6.10. The van der Waals surface area contributed by atoms with E-state index in [9.17, 15) is 0 Å². The molecular formula is C17H18ClNO. The molecular weight excluding hydrogens is 270 g/mol. The fraction of sp³-hybridized carbons (Fsp3) is 0.353. The second-order valence-electron chi connectivity index (χ2n) is 5.25. The van der Waals surface area contributed by atoms with Crippen molar-refractivity contribution in [1.82, 2.24) is 4.98 Å². The molecule has 0 spiro atoms. The molecule has 1 fully saturated rings. The van der Waals surface area contributed by atoms with Gasteiger partial charge in [0.1, 0.15) is 10.9 Å². The zero-order valence-corrected chi connectivity index (χ0v) is 12.4. The number of benzene rings is 1. The third-order valence-electron chi connectivity index (χ3n) is 3.91. The van der Waals surface area contributed by atoms with Gasteiger partial charge in [-0.1, -0.05) is 23.3 Å². The van der Waals surface area contributed by atoms with Gasteiger partial charge in [0.15, 0.2) is 0 Å². The molecule has 104 valence electrons. The molecule has 1 aliphatic rings. The van der Waals surface area contributed by atoms with Crippen molar-refractivity contribution in [3.63, 3.8) is 0 Å². The number of pyridine rings is 1. The van der Waals surface area contributed by atoms with Crippen LogP contribution < -0.4 is 4.74 Å². The van der Waals surface area contributed by atoms with E-state index in [1.165, 1.54) is 0 Å². The number of rotatable bonds is 2. The van der Waals surface area contributed by atoms with E-state index in [0.717, 1.165) is 42.3 Å². The van der Waals surface area contributed by atoms with Gasteiger partial charge in [0, 0.05) is 5.39 Å². The molecule has 0 saturated heterocycles. The Morgan fingerprint density at radius 3 is 2.75 bits per heavy atom. The molecule has 1 aliphatic carbocycles. The molecule has 0 unspecified atom stereocenters. The molecule has 0 amide bonds. The average Bonchev–Trinajstić information content (AvgIpc) is 2.48. The van der Waals surface area contributed by atoms with Crippen LogP contribution in [0, 0.1) is 0 Å². The maximum Gasteiger partial charge on any atom is 0.129 e. The van der Waals surface area contributed by atoms with Crippen molar-refractivity contribution in [3.05, 3.63) is 47.1 Å². The fourth-order valence-electron chi connectivity index (χ4n) is 2.71. The van der Waals surface area contributed by atoms with Gasteiger partial charge in [0.05, 0.1) is 11.6 Å². The molecule has 1 heterocycles. The molecule has 0 atom stereocenters. The smallest absolute Gasteiger partial charge is 0.129 e. The second kappa shape index (κ2) is 5.84. The maximum atomic E-state index is 6.10. The normalized spacial score (nSPS) is 19.1. The van der Waals surface area contributed by atoms with Crippen LogP contribution in [0.15, 0.2) is 42.0 Å². The molecule has 3 heteroatoms. The van der Waals surface area contributed by atoms with Crippen LogP contribution in [0.2, 0.25) is 5.15 Å². The fourth-order valence-corrected chi connectivity index (χ4v) is 2.87. The summed E-state index contributed by atoms with van der Waals surface area (Å²) in [7, 11) is 0. The molecule has 2 nitrogen and oxygen atoms in total. The van der Waals surface area contributed by atoms with Gasteiger partial charge in [0.2, 0.25) is 0 Å². The first-order valence-corrected chi connectivity index (χ1v) is 7.49. The molecule has 1 aromatic heterocycles. The number of aromatic nitrogens is 1. The Morgan fingerprint density at radius 1 is 1.20 bits per heavy atom. The van der Waals surface area contributed by atoms with E-state index in [1.807, 2.05) is 30.3 Å². The van der Waals surface area contributed by atoms with E-state index in [0.29, 0.717) is 11.3 Å². The first-order chi connectivity index (χ1) is 9.74. The predicted molar refractivity (Wildman–Crippen MR) is 83.4 cm³/mol. The number of allylic oxidation sites excluding steroid dienone is 2. The van der Waals surface area contributed by atoms with E-state index in [4.69, 9.17) is 16.3 Å². The van der Waals surface area contributed by atoms with Gasteiger partial charge in [-0.3, -0.25) is 0 Å². The Labute approximate surface area is 124 Å². The SMILES string of the molecule is CC=C1CCC(Oc2ccc3nc(Cl)ccc3c2)CC1. The predicted octanol–water partition coefficient (Wildman–Crippen LogP) is 5.16. The first kappa shape index (κ1) is 13.4. The summed E-state index contributed by atoms with van der Waals surface area (Å²) in [5.41, 5.74) is 2.46. The average molecular weight is 288 g/mol. The highest BCUT2D eigenvalue weighted by atomic mass is 35.5. The van der Waals surface area contributed by atoms with Gasteiger partial charge in [-0.15, -0.1) is 0 Å². The molecule has 0 aliphatic heterocycles. The van der Waals surface area contributed by atoms with Gasteiger partial charge < -0.3 is 4.74 Å². The van der Waals surface area contributed by atoms with Gasteiger partial charge in [-0.25, -0.2) is 4.98 Å². The minimum atomic E-state index is 0.330. The number of halogens is 1. The van der Waals surface area contributed by atoms with Crippen LogP contribution in [0.25, 0.3) is 10.9 Å². The van der Waals surface area contributed by atoms with E-state index in [2.05, 4.69) is 18.0 Å². The van der Waals surface area contributed by atoms with Crippen LogP contribution in [0.3, 0.4) is 0 Å². The quantitative estimate of drug-likeness (QED) is 0.562. The standard InChI is InChI=1S/C17H18ClNO/c1-2-12-3-6-14(7-4-12)20-15-8-9-16-13(11-15)5-10-17(18)19-16/h2,5,8-11,14H,3-4,6-7H2,1H3. The van der Waals surface area contributed by atoms with Gasteiger partial charge in [-0.2, -0.15) is 0 Å². The number of fused-ring (bicyclic) bond motifs is 1. The lowest BCUT2D eigenvalue weighted by Crippen LogP contribution is -2.20. The van der Waals surface area contributed by atoms with Crippen molar-refractivity contribution < 1.29 is 4.74 Å². The Balaban J connectivity index is 1.73. The van der Waals surface area contributed by atoms with Crippen LogP contribution in [0.4, 0.5) is 0 Å². The minimum absolute atomic E-state index is 0.330. The summed E-state index contributed by atoms with van der Waals surface area (Å²) in [6.45, 7) is 2.12. The van der Waals surface area contributed by atoms with Crippen LogP contribution in [0.5, 0.6) is 5.75 Å². The number of hydrogen-bond acceptors (Lipinski definition) is 2. The highest BCUT2D eigenvalue weighted by molar-refractivity contribution is 6.29. The van der Waals surface area contributed by atoms with E-state index in [-0.39, 0.29) is 0 Å². The van der Waals surface area contributed by atoms with E-state index in [1.54, 1.807) is 5.57 Å². The zero-order chi connectivity index (χ0) is 13.9. The Bertz CT molecular complexity index is 640. The van der Waals surface area contributed by atoms with Crippen molar-refractivity contribution >= 4 is 22.5 Å². The third kappa shape index (κ3) is 2.96. The van der Waals surface area contributed by atoms with Crippen LogP contribution in [-0.4, -0.2) is 11.1 Å². The van der Waals surface area contributed by atoms with Crippen LogP contribution in [-0.2, 0) is 0 Å². The highest BCUT2D eigenvalue weighted by Crippen LogP contribution is 2.28. The molecule has 0 radical (unpaired) electrons. The second-order valence-corrected chi connectivity index (χ2v) is 5.64. The van der Waals surface area contributed by atoms with Crippen LogP contribution >= 0.6 is 11.6 Å². The monoisotopic (exact) mass is 287 g/mol. The Morgan fingerprint density at radius 2 is 2.00 bits per heavy atom. The largest absolute Gasteiger partial charge is 0.490 e. The lowest BCUT2D eigenvalue weighted by atomic mass is 9.92. The third-order valence-corrected chi connectivity index (χ3v) is 4.12. The molecule has 2 aromatic rings. The van der Waals surface area contributed by atoms with Crippen molar-refractivity contribution in [2.24, 2.45) is 0 Å². The summed E-state index contributed by atoms with van der Waals surface area (Å²) in [6, 6.07) is 9.79. The Hall–Kier alpha value is -1.54. The first-order valence-electron chi connectivity index (χ1n) is 7.11. The van der Waals surface area contributed by atoms with Crippen molar-refractivity contribution in [2.75, 3.05) is 0 Å². The lowest BCUT2D eigenvalue weighted by Gasteiger charge is -2.25. The van der Waals surface area contributed by atoms with Crippen molar-refractivity contribution in [2.45, 2.75) is 38.7 Å². The minimum Gasteiger partial charge on any atom is -0.490 e. The van der Waals surface area contributed by atoms with Crippen LogP contribution in [0.1, 0.15) is 32.6 Å². The Kier molecular flexibility index (Phi) is 3.93.